The van der Waals surface area contributed by atoms with Gasteiger partial charge in [-0.1, -0.05) is 0 Å². The number of hydrogen-bond acceptors (Lipinski definition) is 4. The third-order valence-electron chi connectivity index (χ3n) is 2.47. The molecular formula is C13H13N3O. The molecule has 0 fully saturated rings. The number of rotatable bonds is 3. The van der Waals surface area contributed by atoms with Crippen molar-refractivity contribution in [1.82, 2.24) is 4.98 Å². The molecule has 4 heteroatoms. The molecule has 0 amide bonds. The van der Waals surface area contributed by atoms with Gasteiger partial charge in [0.25, 0.3) is 0 Å². The summed E-state index contributed by atoms with van der Waals surface area (Å²) in [6, 6.07) is 7.77. The molecule has 4 nitrogen and oxygen atoms in total. The first-order valence-electron chi connectivity index (χ1n) is 5.35. The van der Waals surface area contributed by atoms with Crippen molar-refractivity contribution in [2.24, 2.45) is 0 Å². The molecule has 0 saturated carbocycles. The third-order valence-corrected chi connectivity index (χ3v) is 2.47. The zero-order chi connectivity index (χ0) is 12.3. The fourth-order valence-electron chi connectivity index (χ4n) is 1.69. The van der Waals surface area contributed by atoms with Gasteiger partial charge < -0.3 is 9.73 Å². The summed E-state index contributed by atoms with van der Waals surface area (Å²) in [6.07, 6.45) is 1.62. The summed E-state index contributed by atoms with van der Waals surface area (Å²) in [4.78, 5) is 4.33. The van der Waals surface area contributed by atoms with Gasteiger partial charge in [-0.2, -0.15) is 5.26 Å². The molecule has 0 unspecified atom stereocenters. The number of aromatic nitrogens is 1. The number of nitrogens with one attached hydrogen (secondary N) is 1. The van der Waals surface area contributed by atoms with Crippen molar-refractivity contribution in [2.45, 2.75) is 20.4 Å². The van der Waals surface area contributed by atoms with Crippen LogP contribution < -0.4 is 5.32 Å². The second kappa shape index (κ2) is 4.71. The van der Waals surface area contributed by atoms with E-state index in [2.05, 4.69) is 16.4 Å². The van der Waals surface area contributed by atoms with Crippen molar-refractivity contribution in [1.29, 1.82) is 5.26 Å². The number of anilines is 1. The molecule has 17 heavy (non-hydrogen) atoms. The first-order valence-corrected chi connectivity index (χ1v) is 5.35. The predicted octanol–water partition coefficient (Wildman–Crippen LogP) is 2.78. The van der Waals surface area contributed by atoms with Crippen LogP contribution in [0.5, 0.6) is 0 Å². The van der Waals surface area contributed by atoms with Gasteiger partial charge >= 0.3 is 0 Å². The van der Waals surface area contributed by atoms with Crippen LogP contribution in [0.1, 0.15) is 22.6 Å². The molecule has 0 aliphatic rings. The molecule has 0 aliphatic carbocycles. The molecule has 0 bridgehead atoms. The van der Waals surface area contributed by atoms with E-state index < -0.39 is 0 Å². The van der Waals surface area contributed by atoms with Crippen LogP contribution in [0.25, 0.3) is 0 Å². The summed E-state index contributed by atoms with van der Waals surface area (Å²) in [5.41, 5.74) is 2.41. The van der Waals surface area contributed by atoms with Crippen molar-refractivity contribution in [3.05, 3.63) is 47.0 Å². The lowest BCUT2D eigenvalue weighted by Gasteiger charge is -2.08. The lowest BCUT2D eigenvalue weighted by Crippen LogP contribution is -2.05. The van der Waals surface area contributed by atoms with E-state index in [1.807, 2.05) is 32.0 Å². The van der Waals surface area contributed by atoms with Gasteiger partial charge in [-0.15, -0.1) is 0 Å². The largest absolute Gasteiger partial charge is 0.467 e. The average Bonchev–Trinajstić information content (AvgIpc) is 2.78. The molecule has 0 aromatic carbocycles. The highest BCUT2D eigenvalue weighted by Crippen LogP contribution is 2.18. The SMILES string of the molecule is Cc1cc(C)c(C#N)c(NCc2ccco2)n1. The summed E-state index contributed by atoms with van der Waals surface area (Å²) < 4.78 is 5.22. The van der Waals surface area contributed by atoms with Crippen LogP contribution in [0, 0.1) is 25.2 Å². The molecule has 2 rings (SSSR count). The summed E-state index contributed by atoms with van der Waals surface area (Å²) >= 11 is 0. The van der Waals surface area contributed by atoms with E-state index >= 15 is 0 Å². The van der Waals surface area contributed by atoms with Crippen LogP contribution in [0.4, 0.5) is 5.82 Å². The first kappa shape index (κ1) is 11.2. The Morgan fingerprint density at radius 2 is 2.29 bits per heavy atom. The maximum absolute atomic E-state index is 9.09. The number of furan rings is 1. The highest BCUT2D eigenvalue weighted by molar-refractivity contribution is 5.56. The fourth-order valence-corrected chi connectivity index (χ4v) is 1.69. The van der Waals surface area contributed by atoms with E-state index in [-0.39, 0.29) is 0 Å². The monoisotopic (exact) mass is 227 g/mol. The Bertz CT molecular complexity index is 553. The van der Waals surface area contributed by atoms with E-state index in [1.165, 1.54) is 0 Å². The van der Waals surface area contributed by atoms with Gasteiger partial charge in [0.2, 0.25) is 0 Å². The molecule has 2 aromatic rings. The van der Waals surface area contributed by atoms with Gasteiger partial charge in [-0.05, 0) is 37.6 Å². The maximum atomic E-state index is 9.09. The fraction of sp³-hybridized carbons (Fsp3) is 0.231. The lowest BCUT2D eigenvalue weighted by molar-refractivity contribution is 0.518. The quantitative estimate of drug-likeness (QED) is 0.875. The van der Waals surface area contributed by atoms with Crippen molar-refractivity contribution in [3.63, 3.8) is 0 Å². The van der Waals surface area contributed by atoms with E-state index in [0.29, 0.717) is 17.9 Å². The van der Waals surface area contributed by atoms with Gasteiger partial charge in [0.15, 0.2) is 0 Å². The van der Waals surface area contributed by atoms with Crippen molar-refractivity contribution in [2.75, 3.05) is 5.32 Å². The number of nitrogens with zero attached hydrogens (tertiary/aromatic N) is 2. The van der Waals surface area contributed by atoms with Gasteiger partial charge in [-0.3, -0.25) is 0 Å². The van der Waals surface area contributed by atoms with Gasteiger partial charge in [0.1, 0.15) is 17.6 Å². The van der Waals surface area contributed by atoms with E-state index in [4.69, 9.17) is 9.68 Å². The second-order valence-electron chi connectivity index (χ2n) is 3.85. The number of pyridine rings is 1. The Hall–Kier alpha value is -2.28. The minimum atomic E-state index is 0.525. The summed E-state index contributed by atoms with van der Waals surface area (Å²) in [6.45, 7) is 4.34. The van der Waals surface area contributed by atoms with E-state index in [9.17, 15) is 0 Å². The number of aryl methyl sites for hydroxylation is 2. The zero-order valence-corrected chi connectivity index (χ0v) is 9.82. The lowest BCUT2D eigenvalue weighted by atomic mass is 10.1. The summed E-state index contributed by atoms with van der Waals surface area (Å²) in [5, 5.41) is 12.2. The van der Waals surface area contributed by atoms with Crippen LogP contribution in [0.3, 0.4) is 0 Å². The topological polar surface area (TPSA) is 61.9 Å². The minimum Gasteiger partial charge on any atom is -0.467 e. The molecule has 1 N–H and O–H groups in total. The van der Waals surface area contributed by atoms with Crippen molar-refractivity contribution in [3.8, 4) is 6.07 Å². The Balaban J connectivity index is 2.23. The number of hydrogen-bond donors (Lipinski definition) is 1. The van der Waals surface area contributed by atoms with Crippen LogP contribution in [0.15, 0.2) is 28.9 Å². The van der Waals surface area contributed by atoms with Crippen LogP contribution in [-0.4, -0.2) is 4.98 Å². The highest BCUT2D eigenvalue weighted by atomic mass is 16.3. The molecule has 86 valence electrons. The van der Waals surface area contributed by atoms with Gasteiger partial charge in [-0.25, -0.2) is 4.98 Å². The normalized spacial score (nSPS) is 9.94. The van der Waals surface area contributed by atoms with Gasteiger partial charge in [0.05, 0.1) is 18.4 Å². The van der Waals surface area contributed by atoms with E-state index in [1.54, 1.807) is 6.26 Å². The van der Waals surface area contributed by atoms with Crippen LogP contribution in [0.2, 0.25) is 0 Å². The molecule has 2 aromatic heterocycles. The Morgan fingerprint density at radius 1 is 1.47 bits per heavy atom. The average molecular weight is 227 g/mol. The minimum absolute atomic E-state index is 0.525. The summed E-state index contributed by atoms with van der Waals surface area (Å²) in [5.74, 6) is 1.43. The summed E-state index contributed by atoms with van der Waals surface area (Å²) in [7, 11) is 0. The van der Waals surface area contributed by atoms with Crippen molar-refractivity contribution >= 4 is 5.82 Å². The molecular weight excluding hydrogens is 214 g/mol. The van der Waals surface area contributed by atoms with Crippen LogP contribution >= 0.6 is 0 Å². The Kier molecular flexibility index (Phi) is 3.10. The van der Waals surface area contributed by atoms with Crippen molar-refractivity contribution < 1.29 is 4.42 Å². The molecule has 0 spiro atoms. The third kappa shape index (κ3) is 2.45. The van der Waals surface area contributed by atoms with Gasteiger partial charge in [0, 0.05) is 5.69 Å². The second-order valence-corrected chi connectivity index (χ2v) is 3.85. The zero-order valence-electron chi connectivity index (χ0n) is 9.82. The smallest absolute Gasteiger partial charge is 0.144 e. The molecule has 0 radical (unpaired) electrons. The molecule has 0 atom stereocenters. The Labute approximate surface area is 99.9 Å². The molecule has 0 aliphatic heterocycles. The van der Waals surface area contributed by atoms with E-state index in [0.717, 1.165) is 17.0 Å². The number of nitriles is 1. The predicted molar refractivity (Wildman–Crippen MR) is 64.5 cm³/mol. The maximum Gasteiger partial charge on any atom is 0.144 e. The standard InChI is InChI=1S/C13H13N3O/c1-9-6-10(2)16-13(12(9)7-14)15-8-11-4-3-5-17-11/h3-6H,8H2,1-2H3,(H,15,16). The molecule has 2 heterocycles. The highest BCUT2D eigenvalue weighted by Gasteiger charge is 2.08. The molecule has 0 saturated heterocycles. The Morgan fingerprint density at radius 3 is 2.94 bits per heavy atom. The van der Waals surface area contributed by atoms with Crippen LogP contribution in [-0.2, 0) is 6.54 Å². The first-order chi connectivity index (χ1) is 8.20.